The van der Waals surface area contributed by atoms with E-state index in [1.54, 1.807) is 0 Å². The summed E-state index contributed by atoms with van der Waals surface area (Å²) in [6, 6.07) is 10.3. The molecule has 1 rings (SSSR count). The van der Waals surface area contributed by atoms with Crippen molar-refractivity contribution >= 4 is 17.8 Å². The molecular weight excluding hydrogens is 280 g/mol. The zero-order valence-electron chi connectivity index (χ0n) is 13.6. The molecule has 0 saturated heterocycles. The van der Waals surface area contributed by atoms with Crippen molar-refractivity contribution < 1.29 is 4.79 Å². The Hall–Kier alpha value is -1.16. The van der Waals surface area contributed by atoms with E-state index in [1.165, 1.54) is 5.56 Å². The molecule has 0 aliphatic rings. The van der Waals surface area contributed by atoms with Crippen molar-refractivity contribution in [2.24, 2.45) is 0 Å². The number of urea groups is 1. The summed E-state index contributed by atoms with van der Waals surface area (Å²) in [5, 5.41) is 5.82. The van der Waals surface area contributed by atoms with Gasteiger partial charge in [-0.2, -0.15) is 11.8 Å². The number of carbonyl (C=O) groups excluding carboxylic acids is 1. The Bertz CT molecular complexity index is 415. The van der Waals surface area contributed by atoms with Gasteiger partial charge in [-0.05, 0) is 17.9 Å². The highest BCUT2D eigenvalue weighted by molar-refractivity contribution is 8.00. The minimum absolute atomic E-state index is 0.0650. The molecule has 2 amide bonds. The second-order valence-corrected chi connectivity index (χ2v) is 8.17. The molecular formula is C17H28N2OS. The summed E-state index contributed by atoms with van der Waals surface area (Å²) in [6.45, 7) is 10.2. The van der Waals surface area contributed by atoms with Gasteiger partial charge in [0.2, 0.25) is 0 Å². The standard InChI is InChI=1S/C17H28N2OS/c1-14(15-8-6-5-7-9-15)10-11-18-16(20)19-12-13-21-17(2,3)4/h5-9,14H,10-13H2,1-4H3,(H2,18,19,20). The molecule has 21 heavy (non-hydrogen) atoms. The summed E-state index contributed by atoms with van der Waals surface area (Å²) in [5.41, 5.74) is 1.32. The van der Waals surface area contributed by atoms with E-state index in [4.69, 9.17) is 0 Å². The lowest BCUT2D eigenvalue weighted by atomic mass is 9.98. The molecule has 3 nitrogen and oxygen atoms in total. The first-order valence-electron chi connectivity index (χ1n) is 7.59. The Kier molecular flexibility index (Phi) is 7.65. The van der Waals surface area contributed by atoms with Crippen molar-refractivity contribution in [1.82, 2.24) is 10.6 Å². The average molecular weight is 308 g/mol. The zero-order chi connectivity index (χ0) is 15.7. The third-order valence-corrected chi connectivity index (χ3v) is 4.43. The first-order chi connectivity index (χ1) is 9.88. The van der Waals surface area contributed by atoms with Gasteiger partial charge in [0.15, 0.2) is 0 Å². The van der Waals surface area contributed by atoms with Crippen LogP contribution in [0, 0.1) is 0 Å². The molecule has 4 heteroatoms. The second-order valence-electron chi connectivity index (χ2n) is 6.24. The van der Waals surface area contributed by atoms with Gasteiger partial charge < -0.3 is 10.6 Å². The number of hydrogen-bond acceptors (Lipinski definition) is 2. The number of amides is 2. The van der Waals surface area contributed by atoms with Gasteiger partial charge in [0.05, 0.1) is 0 Å². The molecule has 1 unspecified atom stereocenters. The van der Waals surface area contributed by atoms with Crippen LogP contribution in [-0.4, -0.2) is 29.6 Å². The Balaban J connectivity index is 2.11. The molecule has 0 aromatic heterocycles. The highest BCUT2D eigenvalue weighted by Crippen LogP contribution is 2.22. The van der Waals surface area contributed by atoms with Gasteiger partial charge in [-0.25, -0.2) is 4.79 Å². The van der Waals surface area contributed by atoms with Gasteiger partial charge in [0.1, 0.15) is 0 Å². The van der Waals surface area contributed by atoms with Crippen molar-refractivity contribution in [3.63, 3.8) is 0 Å². The molecule has 1 aromatic rings. The topological polar surface area (TPSA) is 41.1 Å². The summed E-state index contributed by atoms with van der Waals surface area (Å²) in [4.78, 5) is 11.7. The van der Waals surface area contributed by atoms with Crippen LogP contribution in [0.3, 0.4) is 0 Å². The number of rotatable bonds is 7. The minimum atomic E-state index is -0.0650. The van der Waals surface area contributed by atoms with Crippen LogP contribution in [0.5, 0.6) is 0 Å². The van der Waals surface area contributed by atoms with E-state index in [-0.39, 0.29) is 10.8 Å². The molecule has 0 bridgehead atoms. The monoisotopic (exact) mass is 308 g/mol. The largest absolute Gasteiger partial charge is 0.338 e. The van der Waals surface area contributed by atoms with Crippen LogP contribution in [0.25, 0.3) is 0 Å². The maximum atomic E-state index is 11.7. The molecule has 1 aromatic carbocycles. The normalized spacial score (nSPS) is 12.8. The third-order valence-electron chi connectivity index (χ3n) is 3.15. The van der Waals surface area contributed by atoms with Crippen LogP contribution in [0.4, 0.5) is 4.79 Å². The summed E-state index contributed by atoms with van der Waals surface area (Å²) in [7, 11) is 0. The fourth-order valence-corrected chi connectivity index (χ4v) is 2.75. The summed E-state index contributed by atoms with van der Waals surface area (Å²) in [5.74, 6) is 1.40. The first-order valence-corrected chi connectivity index (χ1v) is 8.57. The predicted octanol–water partition coefficient (Wildman–Crippen LogP) is 4.01. The van der Waals surface area contributed by atoms with Gasteiger partial charge in [0.25, 0.3) is 0 Å². The Morgan fingerprint density at radius 3 is 2.38 bits per heavy atom. The van der Waals surface area contributed by atoms with Crippen LogP contribution in [0.2, 0.25) is 0 Å². The van der Waals surface area contributed by atoms with E-state index < -0.39 is 0 Å². The van der Waals surface area contributed by atoms with E-state index in [9.17, 15) is 4.79 Å². The number of carbonyl (C=O) groups is 1. The van der Waals surface area contributed by atoms with Crippen molar-refractivity contribution in [1.29, 1.82) is 0 Å². The fourth-order valence-electron chi connectivity index (χ4n) is 1.93. The number of thioether (sulfide) groups is 1. The quantitative estimate of drug-likeness (QED) is 0.747. The van der Waals surface area contributed by atoms with Crippen LogP contribution in [0.15, 0.2) is 30.3 Å². The van der Waals surface area contributed by atoms with Gasteiger partial charge in [-0.15, -0.1) is 0 Å². The van der Waals surface area contributed by atoms with E-state index in [0.717, 1.165) is 12.2 Å². The van der Waals surface area contributed by atoms with E-state index >= 15 is 0 Å². The molecule has 0 saturated carbocycles. The summed E-state index contributed by atoms with van der Waals surface area (Å²) < 4.78 is 0.253. The smallest absolute Gasteiger partial charge is 0.314 e. The van der Waals surface area contributed by atoms with Crippen molar-refractivity contribution in [3.05, 3.63) is 35.9 Å². The lowest BCUT2D eigenvalue weighted by molar-refractivity contribution is 0.241. The third kappa shape index (κ3) is 8.66. The molecule has 2 N–H and O–H groups in total. The lowest BCUT2D eigenvalue weighted by Gasteiger charge is -2.17. The Morgan fingerprint density at radius 1 is 1.14 bits per heavy atom. The summed E-state index contributed by atoms with van der Waals surface area (Å²) >= 11 is 1.86. The van der Waals surface area contributed by atoms with Gasteiger partial charge >= 0.3 is 6.03 Å². The zero-order valence-corrected chi connectivity index (χ0v) is 14.4. The molecule has 0 fully saturated rings. The first kappa shape index (κ1) is 17.9. The molecule has 0 spiro atoms. The molecule has 0 aliphatic heterocycles. The van der Waals surface area contributed by atoms with Crippen LogP contribution < -0.4 is 10.6 Å². The average Bonchev–Trinajstić information content (AvgIpc) is 2.43. The van der Waals surface area contributed by atoms with Gasteiger partial charge in [0, 0.05) is 23.6 Å². The maximum Gasteiger partial charge on any atom is 0.314 e. The molecule has 118 valence electrons. The van der Waals surface area contributed by atoms with Crippen LogP contribution >= 0.6 is 11.8 Å². The van der Waals surface area contributed by atoms with Crippen LogP contribution in [0.1, 0.15) is 45.6 Å². The number of benzene rings is 1. The Labute approximate surface area is 133 Å². The SMILES string of the molecule is CC(CCNC(=O)NCCSC(C)(C)C)c1ccccc1. The number of nitrogens with one attached hydrogen (secondary N) is 2. The van der Waals surface area contributed by atoms with Gasteiger partial charge in [-0.1, -0.05) is 58.0 Å². The molecule has 0 aliphatic carbocycles. The lowest BCUT2D eigenvalue weighted by Crippen LogP contribution is -2.37. The molecule has 0 heterocycles. The van der Waals surface area contributed by atoms with Crippen LogP contribution in [-0.2, 0) is 0 Å². The number of hydrogen-bond donors (Lipinski definition) is 2. The second kappa shape index (κ2) is 8.98. The maximum absolute atomic E-state index is 11.7. The molecule has 1 atom stereocenters. The Morgan fingerprint density at radius 2 is 1.76 bits per heavy atom. The van der Waals surface area contributed by atoms with E-state index in [1.807, 2.05) is 17.8 Å². The van der Waals surface area contributed by atoms with Gasteiger partial charge in [-0.3, -0.25) is 0 Å². The predicted molar refractivity (Wildman–Crippen MR) is 93.1 cm³/mol. The van der Waals surface area contributed by atoms with Crippen molar-refractivity contribution in [2.45, 2.75) is 44.8 Å². The fraction of sp³-hybridized carbons (Fsp3) is 0.588. The van der Waals surface area contributed by atoms with E-state index in [2.05, 4.69) is 62.6 Å². The van der Waals surface area contributed by atoms with Crippen molar-refractivity contribution in [2.75, 3.05) is 18.8 Å². The van der Waals surface area contributed by atoms with Crippen molar-refractivity contribution in [3.8, 4) is 0 Å². The summed E-state index contributed by atoms with van der Waals surface area (Å²) in [6.07, 6.45) is 0.953. The minimum Gasteiger partial charge on any atom is -0.338 e. The highest BCUT2D eigenvalue weighted by atomic mass is 32.2. The van der Waals surface area contributed by atoms with E-state index in [0.29, 0.717) is 19.0 Å². The molecule has 0 radical (unpaired) electrons. The highest BCUT2D eigenvalue weighted by Gasteiger charge is 2.10.